The Morgan fingerprint density at radius 2 is 2.00 bits per heavy atom. The van der Waals surface area contributed by atoms with E-state index < -0.39 is 0 Å². The van der Waals surface area contributed by atoms with Crippen LogP contribution < -0.4 is 5.32 Å². The second kappa shape index (κ2) is 8.90. The van der Waals surface area contributed by atoms with Crippen LogP contribution >= 0.6 is 0 Å². The summed E-state index contributed by atoms with van der Waals surface area (Å²) < 4.78 is 5.64. The van der Waals surface area contributed by atoms with E-state index in [1.165, 1.54) is 32.5 Å². The molecule has 1 heterocycles. The normalized spacial score (nSPS) is 19.1. The van der Waals surface area contributed by atoms with Crippen molar-refractivity contribution in [1.82, 2.24) is 10.2 Å². The minimum absolute atomic E-state index is 0.654. The van der Waals surface area contributed by atoms with Gasteiger partial charge in [0.15, 0.2) is 0 Å². The number of nitrogens with one attached hydrogen (secondary N) is 1. The minimum Gasteiger partial charge on any atom is -0.380 e. The third-order valence-corrected chi connectivity index (χ3v) is 3.39. The smallest absolute Gasteiger partial charge is 0.0593 e. The Morgan fingerprint density at radius 3 is 2.59 bits per heavy atom. The molecule has 0 aromatic heterocycles. The van der Waals surface area contributed by atoms with Gasteiger partial charge in [-0.2, -0.15) is 0 Å². The average Bonchev–Trinajstić information content (AvgIpc) is 2.33. The van der Waals surface area contributed by atoms with Crippen molar-refractivity contribution in [1.29, 1.82) is 0 Å². The van der Waals surface area contributed by atoms with E-state index in [9.17, 15) is 0 Å². The molecule has 0 aromatic rings. The molecule has 1 aliphatic heterocycles. The summed E-state index contributed by atoms with van der Waals surface area (Å²) in [6.07, 6.45) is 2.69. The van der Waals surface area contributed by atoms with Crippen LogP contribution in [-0.4, -0.2) is 50.8 Å². The van der Waals surface area contributed by atoms with Crippen LogP contribution in [0.15, 0.2) is 0 Å². The lowest BCUT2D eigenvalue weighted by atomic mass is 9.97. The van der Waals surface area contributed by atoms with Crippen LogP contribution in [0.5, 0.6) is 0 Å². The topological polar surface area (TPSA) is 24.5 Å². The maximum Gasteiger partial charge on any atom is 0.0593 e. The molecule has 3 nitrogen and oxygen atoms in total. The monoisotopic (exact) mass is 242 g/mol. The van der Waals surface area contributed by atoms with Crippen molar-refractivity contribution < 1.29 is 4.74 Å². The van der Waals surface area contributed by atoms with Gasteiger partial charge in [-0.25, -0.2) is 0 Å². The Hall–Kier alpha value is -0.120. The molecule has 0 aliphatic carbocycles. The van der Waals surface area contributed by atoms with Gasteiger partial charge in [0.05, 0.1) is 6.61 Å². The average molecular weight is 242 g/mol. The van der Waals surface area contributed by atoms with E-state index in [1.807, 2.05) is 0 Å². The Morgan fingerprint density at radius 1 is 1.29 bits per heavy atom. The summed E-state index contributed by atoms with van der Waals surface area (Å²) in [5, 5.41) is 3.45. The zero-order chi connectivity index (χ0) is 12.5. The highest BCUT2D eigenvalue weighted by molar-refractivity contribution is 4.73. The van der Waals surface area contributed by atoms with E-state index in [4.69, 9.17) is 4.74 Å². The highest BCUT2D eigenvalue weighted by Crippen LogP contribution is 2.15. The van der Waals surface area contributed by atoms with Crippen molar-refractivity contribution in [2.45, 2.75) is 33.6 Å². The van der Waals surface area contributed by atoms with Crippen molar-refractivity contribution in [3.8, 4) is 0 Å². The molecule has 0 bridgehead atoms. The second-order valence-electron chi connectivity index (χ2n) is 5.56. The van der Waals surface area contributed by atoms with Crippen LogP contribution in [0.4, 0.5) is 0 Å². The standard InChI is InChI=1S/C14H30N2O/c1-4-15-11-14-5-7-16(8-6-14)9-10-17-12-13(2)3/h13-15H,4-12H2,1-3H3. The fourth-order valence-corrected chi connectivity index (χ4v) is 2.28. The summed E-state index contributed by atoms with van der Waals surface area (Å²) in [7, 11) is 0. The Balaban J connectivity index is 1.99. The van der Waals surface area contributed by atoms with Crippen molar-refractivity contribution >= 4 is 0 Å². The van der Waals surface area contributed by atoms with Crippen molar-refractivity contribution in [2.24, 2.45) is 11.8 Å². The van der Waals surface area contributed by atoms with Gasteiger partial charge in [-0.05, 0) is 50.9 Å². The maximum atomic E-state index is 5.64. The summed E-state index contributed by atoms with van der Waals surface area (Å²) in [6.45, 7) is 14.3. The van der Waals surface area contributed by atoms with Gasteiger partial charge in [-0.3, -0.25) is 0 Å². The zero-order valence-corrected chi connectivity index (χ0v) is 11.9. The Labute approximate surface area is 107 Å². The summed E-state index contributed by atoms with van der Waals surface area (Å²) in [4.78, 5) is 2.54. The predicted octanol–water partition coefficient (Wildman–Crippen LogP) is 1.98. The first-order valence-corrected chi connectivity index (χ1v) is 7.23. The van der Waals surface area contributed by atoms with Crippen LogP contribution in [0.1, 0.15) is 33.6 Å². The number of nitrogens with zero attached hydrogens (tertiary/aromatic N) is 1. The van der Waals surface area contributed by atoms with Gasteiger partial charge in [0.1, 0.15) is 0 Å². The van der Waals surface area contributed by atoms with Crippen LogP contribution in [0, 0.1) is 11.8 Å². The van der Waals surface area contributed by atoms with Gasteiger partial charge in [0.2, 0.25) is 0 Å². The van der Waals surface area contributed by atoms with E-state index in [0.717, 1.165) is 32.2 Å². The van der Waals surface area contributed by atoms with Crippen molar-refractivity contribution in [3.63, 3.8) is 0 Å². The molecule has 0 radical (unpaired) electrons. The van der Waals surface area contributed by atoms with Gasteiger partial charge >= 0.3 is 0 Å². The molecule has 0 atom stereocenters. The lowest BCUT2D eigenvalue weighted by Crippen LogP contribution is -2.38. The number of hydrogen-bond acceptors (Lipinski definition) is 3. The molecule has 102 valence electrons. The molecular weight excluding hydrogens is 212 g/mol. The summed E-state index contributed by atoms with van der Waals surface area (Å²) in [5.74, 6) is 1.55. The largest absolute Gasteiger partial charge is 0.380 e. The highest BCUT2D eigenvalue weighted by Gasteiger charge is 2.18. The lowest BCUT2D eigenvalue weighted by Gasteiger charge is -2.31. The summed E-state index contributed by atoms with van der Waals surface area (Å²) in [5.41, 5.74) is 0. The summed E-state index contributed by atoms with van der Waals surface area (Å²) in [6, 6.07) is 0. The second-order valence-corrected chi connectivity index (χ2v) is 5.56. The highest BCUT2D eigenvalue weighted by atomic mass is 16.5. The van der Waals surface area contributed by atoms with Crippen molar-refractivity contribution in [3.05, 3.63) is 0 Å². The first-order chi connectivity index (χ1) is 8.22. The Kier molecular flexibility index (Phi) is 7.82. The number of hydrogen-bond donors (Lipinski definition) is 1. The zero-order valence-electron chi connectivity index (χ0n) is 11.9. The van der Waals surface area contributed by atoms with Crippen LogP contribution in [-0.2, 0) is 4.74 Å². The molecule has 1 fully saturated rings. The molecule has 1 rings (SSSR count). The fraction of sp³-hybridized carbons (Fsp3) is 1.00. The van der Waals surface area contributed by atoms with E-state index in [0.29, 0.717) is 5.92 Å². The molecule has 17 heavy (non-hydrogen) atoms. The minimum atomic E-state index is 0.654. The number of ether oxygens (including phenoxy) is 1. The number of likely N-dealkylation sites (tertiary alicyclic amines) is 1. The van der Waals surface area contributed by atoms with E-state index in [-0.39, 0.29) is 0 Å². The molecule has 0 unspecified atom stereocenters. The predicted molar refractivity (Wildman–Crippen MR) is 73.4 cm³/mol. The SMILES string of the molecule is CCNCC1CCN(CCOCC(C)C)CC1. The van der Waals surface area contributed by atoms with Gasteiger partial charge in [-0.15, -0.1) is 0 Å². The molecule has 0 spiro atoms. The van der Waals surface area contributed by atoms with Gasteiger partial charge in [0, 0.05) is 13.2 Å². The molecule has 1 N–H and O–H groups in total. The Bertz CT molecular complexity index is 177. The van der Waals surface area contributed by atoms with E-state index in [1.54, 1.807) is 0 Å². The molecule has 0 saturated carbocycles. The molecule has 1 aliphatic rings. The quantitative estimate of drug-likeness (QED) is 0.659. The van der Waals surface area contributed by atoms with Gasteiger partial charge in [-0.1, -0.05) is 20.8 Å². The van der Waals surface area contributed by atoms with Gasteiger partial charge in [0.25, 0.3) is 0 Å². The van der Waals surface area contributed by atoms with Crippen LogP contribution in [0.3, 0.4) is 0 Å². The number of rotatable bonds is 8. The molecule has 1 saturated heterocycles. The van der Waals surface area contributed by atoms with Crippen LogP contribution in [0.25, 0.3) is 0 Å². The third-order valence-electron chi connectivity index (χ3n) is 3.39. The first kappa shape index (κ1) is 14.9. The maximum absolute atomic E-state index is 5.64. The third kappa shape index (κ3) is 7.02. The van der Waals surface area contributed by atoms with E-state index in [2.05, 4.69) is 31.0 Å². The first-order valence-electron chi connectivity index (χ1n) is 7.23. The molecule has 0 aromatic carbocycles. The summed E-state index contributed by atoms with van der Waals surface area (Å²) >= 11 is 0. The lowest BCUT2D eigenvalue weighted by molar-refractivity contribution is 0.0739. The van der Waals surface area contributed by atoms with Crippen molar-refractivity contribution in [2.75, 3.05) is 45.9 Å². The fourth-order valence-electron chi connectivity index (χ4n) is 2.28. The number of piperidine rings is 1. The molecular formula is C14H30N2O. The molecule has 0 amide bonds. The van der Waals surface area contributed by atoms with Crippen LogP contribution in [0.2, 0.25) is 0 Å². The van der Waals surface area contributed by atoms with Gasteiger partial charge < -0.3 is 15.0 Å². The molecule has 3 heteroatoms. The van der Waals surface area contributed by atoms with E-state index >= 15 is 0 Å².